The molecule has 22 heavy (non-hydrogen) atoms. The Morgan fingerprint density at radius 3 is 2.64 bits per heavy atom. The summed E-state index contributed by atoms with van der Waals surface area (Å²) in [6, 6.07) is 7.03. The van der Waals surface area contributed by atoms with Gasteiger partial charge in [-0.2, -0.15) is 0 Å². The first-order valence-electron chi connectivity index (χ1n) is 6.09. The predicted molar refractivity (Wildman–Crippen MR) is 72.5 cm³/mol. The van der Waals surface area contributed by atoms with Crippen LogP contribution in [0.3, 0.4) is 0 Å². The number of benzene rings is 2. The average Bonchev–Trinajstić information content (AvgIpc) is 2.47. The molecule has 3 rings (SSSR count). The molecule has 0 amide bonds. The molecule has 1 aliphatic carbocycles. The van der Waals surface area contributed by atoms with Crippen molar-refractivity contribution in [2.45, 2.75) is 0 Å². The van der Waals surface area contributed by atoms with Gasteiger partial charge in [0.05, 0.1) is 16.8 Å². The Balaban J connectivity index is 2.19. The first-order valence-corrected chi connectivity index (χ1v) is 6.09. The Kier molecular flexibility index (Phi) is 3.06. The van der Waals surface area contributed by atoms with Crippen molar-refractivity contribution in [3.63, 3.8) is 0 Å². The van der Waals surface area contributed by atoms with Crippen LogP contribution < -0.4 is 5.43 Å². The summed E-state index contributed by atoms with van der Waals surface area (Å²) in [4.78, 5) is 26.5. The van der Waals surface area contributed by atoms with Gasteiger partial charge in [0.25, 0.3) is 0 Å². The number of carboxylic acid groups (broad SMARTS) is 1. The molecule has 0 saturated heterocycles. The number of carboxylic acids is 1. The lowest BCUT2D eigenvalue weighted by Crippen LogP contribution is -2.12. The maximum absolute atomic E-state index is 14.0. The standard InChI is InChI=1S/C14H8FN3O4/c15-10-5-7(14(20)21)1-3-9(10)13-16-11-4-2-8(19)6-12(11)18(22)17-13/h1-6,22H,(H,20,21). The first kappa shape index (κ1) is 13.7. The van der Waals surface area contributed by atoms with E-state index in [-0.39, 0.29) is 33.8 Å². The third kappa shape index (κ3) is 2.26. The third-order valence-corrected chi connectivity index (χ3v) is 3.04. The summed E-state index contributed by atoms with van der Waals surface area (Å²) in [6.45, 7) is 0. The number of aromatic carboxylic acids is 1. The van der Waals surface area contributed by atoms with Crippen LogP contribution in [0.15, 0.2) is 41.2 Å². The molecule has 2 N–H and O–H groups in total. The highest BCUT2D eigenvalue weighted by molar-refractivity contribution is 5.88. The Hall–Kier alpha value is -3.29. The van der Waals surface area contributed by atoms with Crippen LogP contribution in [0.4, 0.5) is 4.39 Å². The van der Waals surface area contributed by atoms with Crippen LogP contribution in [0.25, 0.3) is 22.8 Å². The first-order chi connectivity index (χ1) is 10.5. The fraction of sp³-hybridized carbons (Fsp3) is 0. The second-order valence-corrected chi connectivity index (χ2v) is 4.48. The number of aromatic nitrogens is 3. The Morgan fingerprint density at radius 1 is 1.18 bits per heavy atom. The van der Waals surface area contributed by atoms with Gasteiger partial charge < -0.3 is 10.3 Å². The molecule has 0 atom stereocenters. The van der Waals surface area contributed by atoms with Crippen molar-refractivity contribution in [2.75, 3.05) is 0 Å². The minimum atomic E-state index is -1.26. The second-order valence-electron chi connectivity index (χ2n) is 4.48. The quantitative estimate of drug-likeness (QED) is 0.695. The van der Waals surface area contributed by atoms with E-state index in [9.17, 15) is 19.2 Å². The van der Waals surface area contributed by atoms with Crippen molar-refractivity contribution < 1.29 is 19.5 Å². The summed E-state index contributed by atoms with van der Waals surface area (Å²) in [5.74, 6) is -2.23. The van der Waals surface area contributed by atoms with E-state index in [4.69, 9.17) is 5.11 Å². The van der Waals surface area contributed by atoms with E-state index in [0.29, 0.717) is 4.85 Å². The molecule has 7 nitrogen and oxygen atoms in total. The topological polar surface area (TPSA) is 105 Å². The van der Waals surface area contributed by atoms with Crippen molar-refractivity contribution in [1.82, 2.24) is 14.9 Å². The zero-order valence-electron chi connectivity index (χ0n) is 10.9. The number of hydrogen-bond acceptors (Lipinski definition) is 5. The van der Waals surface area contributed by atoms with Crippen LogP contribution >= 0.6 is 0 Å². The fourth-order valence-electron chi connectivity index (χ4n) is 1.98. The molecule has 0 bridgehead atoms. The van der Waals surface area contributed by atoms with Crippen LogP contribution in [-0.2, 0) is 0 Å². The molecule has 1 aromatic rings. The number of hydrogen-bond donors (Lipinski definition) is 2. The maximum Gasteiger partial charge on any atom is 0.335 e. The van der Waals surface area contributed by atoms with E-state index in [0.717, 1.165) is 12.1 Å². The van der Waals surface area contributed by atoms with Gasteiger partial charge in [-0.3, -0.25) is 4.79 Å². The molecular weight excluding hydrogens is 293 g/mol. The van der Waals surface area contributed by atoms with Gasteiger partial charge in [-0.25, -0.2) is 14.2 Å². The number of rotatable bonds is 2. The Morgan fingerprint density at radius 2 is 1.95 bits per heavy atom. The predicted octanol–water partition coefficient (Wildman–Crippen LogP) is 1.48. The van der Waals surface area contributed by atoms with E-state index >= 15 is 0 Å². The molecule has 0 fully saturated rings. The summed E-state index contributed by atoms with van der Waals surface area (Å²) in [7, 11) is 0. The van der Waals surface area contributed by atoms with Crippen molar-refractivity contribution >= 4 is 5.97 Å². The van der Waals surface area contributed by atoms with Crippen molar-refractivity contribution in [1.29, 1.82) is 0 Å². The van der Waals surface area contributed by atoms with Crippen LogP contribution in [0.2, 0.25) is 0 Å². The molecule has 0 aromatic heterocycles. The van der Waals surface area contributed by atoms with Gasteiger partial charge in [0.1, 0.15) is 11.5 Å². The fourth-order valence-corrected chi connectivity index (χ4v) is 1.98. The largest absolute Gasteiger partial charge is 0.478 e. The van der Waals surface area contributed by atoms with Crippen LogP contribution in [0.1, 0.15) is 10.4 Å². The van der Waals surface area contributed by atoms with Gasteiger partial charge in [0.2, 0.25) is 0 Å². The summed E-state index contributed by atoms with van der Waals surface area (Å²) < 4.78 is 14.0. The van der Waals surface area contributed by atoms with Gasteiger partial charge in [-0.05, 0) is 30.3 Å². The normalized spacial score (nSPS) is 10.8. The van der Waals surface area contributed by atoms with E-state index in [1.54, 1.807) is 0 Å². The number of nitrogens with zero attached hydrogens (tertiary/aromatic N) is 3. The number of carbonyl (C=O) groups is 1. The monoisotopic (exact) mass is 301 g/mol. The van der Waals surface area contributed by atoms with Gasteiger partial charge in [0.15, 0.2) is 11.3 Å². The zero-order chi connectivity index (χ0) is 15.9. The SMILES string of the molecule is O=C(O)c1ccc(-c2nc3ccc(=O)cc-3n(O)n2)c(F)c1. The number of halogens is 1. The van der Waals surface area contributed by atoms with E-state index < -0.39 is 11.8 Å². The average molecular weight is 301 g/mol. The third-order valence-electron chi connectivity index (χ3n) is 3.04. The highest BCUT2D eigenvalue weighted by Crippen LogP contribution is 2.24. The summed E-state index contributed by atoms with van der Waals surface area (Å²) in [6.07, 6.45) is 0. The smallest absolute Gasteiger partial charge is 0.335 e. The lowest BCUT2D eigenvalue weighted by atomic mass is 10.1. The van der Waals surface area contributed by atoms with Gasteiger partial charge in [-0.1, -0.05) is 4.85 Å². The van der Waals surface area contributed by atoms with Gasteiger partial charge in [0, 0.05) is 6.07 Å². The molecule has 0 saturated carbocycles. The minimum absolute atomic E-state index is 0.0686. The van der Waals surface area contributed by atoms with Gasteiger partial charge >= 0.3 is 5.97 Å². The molecule has 110 valence electrons. The molecular formula is C14H8FN3O4. The molecule has 1 aliphatic heterocycles. The van der Waals surface area contributed by atoms with E-state index in [1.807, 2.05) is 0 Å². The van der Waals surface area contributed by atoms with Gasteiger partial charge in [-0.15, -0.1) is 5.10 Å². The summed E-state index contributed by atoms with van der Waals surface area (Å²) in [5.41, 5.74) is -0.285. The molecule has 1 heterocycles. The van der Waals surface area contributed by atoms with Crippen LogP contribution in [0, 0.1) is 5.82 Å². The lowest BCUT2D eigenvalue weighted by Gasteiger charge is -2.10. The van der Waals surface area contributed by atoms with Crippen LogP contribution in [-0.4, -0.2) is 31.2 Å². The maximum atomic E-state index is 14.0. The van der Waals surface area contributed by atoms with E-state index in [1.165, 1.54) is 24.3 Å². The highest BCUT2D eigenvalue weighted by atomic mass is 19.1. The van der Waals surface area contributed by atoms with E-state index in [2.05, 4.69) is 10.1 Å². The molecule has 0 spiro atoms. The Bertz CT molecular complexity index is 922. The van der Waals surface area contributed by atoms with Crippen LogP contribution in [0.5, 0.6) is 0 Å². The number of fused-ring (bicyclic) bond motifs is 1. The summed E-state index contributed by atoms with van der Waals surface area (Å²) in [5, 5.41) is 22.3. The van der Waals surface area contributed by atoms with Crippen molar-refractivity contribution in [3.05, 3.63) is 58.0 Å². The second kappa shape index (κ2) is 4.92. The molecule has 1 aromatic carbocycles. The lowest BCUT2D eigenvalue weighted by molar-refractivity contribution is 0.0696. The molecule has 2 aliphatic rings. The highest BCUT2D eigenvalue weighted by Gasteiger charge is 2.17. The van der Waals surface area contributed by atoms with Crippen molar-refractivity contribution in [3.8, 4) is 22.8 Å². The Labute approximate surface area is 122 Å². The minimum Gasteiger partial charge on any atom is -0.478 e. The molecule has 0 radical (unpaired) electrons. The zero-order valence-corrected chi connectivity index (χ0v) is 10.9. The van der Waals surface area contributed by atoms with Crippen molar-refractivity contribution in [2.24, 2.45) is 0 Å². The molecule has 8 heteroatoms. The molecule has 0 unspecified atom stereocenters. The summed E-state index contributed by atoms with van der Waals surface area (Å²) >= 11 is 0.